The number of ether oxygens (including phenoxy) is 1. The molecule has 1 N–H and O–H groups in total. The second-order valence-electron chi connectivity index (χ2n) is 8.01. The number of anilines is 1. The molecule has 1 aliphatic heterocycles. The van der Waals surface area contributed by atoms with E-state index in [0.717, 1.165) is 11.1 Å². The molecule has 1 amide bonds. The van der Waals surface area contributed by atoms with Crippen LogP contribution in [0.25, 0.3) is 11.4 Å². The highest BCUT2D eigenvalue weighted by Crippen LogP contribution is 2.30. The van der Waals surface area contributed by atoms with Crippen LogP contribution in [0.5, 0.6) is 5.75 Å². The molecule has 0 aliphatic carbocycles. The van der Waals surface area contributed by atoms with Crippen molar-refractivity contribution >= 4 is 17.3 Å². The van der Waals surface area contributed by atoms with Gasteiger partial charge in [0.25, 0.3) is 5.69 Å². The molecule has 0 spiro atoms. The fourth-order valence-corrected chi connectivity index (χ4v) is 3.94. The standard InChI is InChI=1S/C23H25N5O5/c1-15-5-3-4-6-18(15)22-25-21(33-26-22)14-27-11-9-16(10-12-27)23(29)24-19-13-17(28(30)31)7-8-20(19)32-2/h3-8,13,16H,9-12,14H2,1-2H3,(H,24,29). The van der Waals surface area contributed by atoms with E-state index in [1.807, 2.05) is 31.2 Å². The number of methoxy groups -OCH3 is 1. The van der Waals surface area contributed by atoms with Gasteiger partial charge in [-0.25, -0.2) is 0 Å². The largest absolute Gasteiger partial charge is 0.495 e. The lowest BCUT2D eigenvalue weighted by Gasteiger charge is -2.30. The molecule has 10 nitrogen and oxygen atoms in total. The van der Waals surface area contributed by atoms with Crippen molar-refractivity contribution in [3.8, 4) is 17.1 Å². The molecule has 10 heteroatoms. The van der Waals surface area contributed by atoms with Gasteiger partial charge in [-0.15, -0.1) is 0 Å². The predicted molar refractivity (Wildman–Crippen MR) is 121 cm³/mol. The number of piperidine rings is 1. The number of aryl methyl sites for hydroxylation is 1. The van der Waals surface area contributed by atoms with E-state index < -0.39 is 4.92 Å². The SMILES string of the molecule is COc1ccc([N+](=O)[O-])cc1NC(=O)C1CCN(Cc2nc(-c3ccccc3C)no2)CC1. The number of carbonyl (C=O) groups is 1. The molecule has 2 heterocycles. The van der Waals surface area contributed by atoms with E-state index >= 15 is 0 Å². The smallest absolute Gasteiger partial charge is 0.271 e. The predicted octanol–water partition coefficient (Wildman–Crippen LogP) is 3.81. The van der Waals surface area contributed by atoms with Crippen molar-refractivity contribution in [1.29, 1.82) is 0 Å². The molecule has 1 aliphatic rings. The first kappa shape index (κ1) is 22.4. The summed E-state index contributed by atoms with van der Waals surface area (Å²) in [6.07, 6.45) is 1.31. The van der Waals surface area contributed by atoms with Gasteiger partial charge in [-0.3, -0.25) is 19.8 Å². The number of nitro groups is 1. The Morgan fingerprint density at radius 3 is 2.73 bits per heavy atom. The van der Waals surface area contributed by atoms with Gasteiger partial charge in [0.05, 0.1) is 24.3 Å². The van der Waals surface area contributed by atoms with E-state index in [9.17, 15) is 14.9 Å². The number of benzene rings is 2. The topological polar surface area (TPSA) is 124 Å². The molecule has 1 saturated heterocycles. The van der Waals surface area contributed by atoms with Crippen LogP contribution >= 0.6 is 0 Å². The number of nitrogens with zero attached hydrogens (tertiary/aromatic N) is 4. The molecular formula is C23H25N5O5. The molecule has 0 saturated carbocycles. The van der Waals surface area contributed by atoms with Crippen LogP contribution < -0.4 is 10.1 Å². The van der Waals surface area contributed by atoms with Gasteiger partial charge in [-0.1, -0.05) is 29.4 Å². The summed E-state index contributed by atoms with van der Waals surface area (Å²) in [6, 6.07) is 12.0. The maximum Gasteiger partial charge on any atom is 0.271 e. The number of rotatable bonds is 7. The van der Waals surface area contributed by atoms with E-state index in [2.05, 4.69) is 20.4 Å². The third kappa shape index (κ3) is 5.17. The van der Waals surface area contributed by atoms with Gasteiger partial charge in [0.15, 0.2) is 0 Å². The third-order valence-electron chi connectivity index (χ3n) is 5.82. The van der Waals surface area contributed by atoms with Crippen LogP contribution in [0.15, 0.2) is 47.0 Å². The number of carbonyl (C=O) groups excluding carboxylic acids is 1. The van der Waals surface area contributed by atoms with Gasteiger partial charge in [-0.05, 0) is 44.5 Å². The number of hydrogen-bond acceptors (Lipinski definition) is 8. The van der Waals surface area contributed by atoms with E-state index in [0.29, 0.717) is 55.6 Å². The van der Waals surface area contributed by atoms with Gasteiger partial charge < -0.3 is 14.6 Å². The molecule has 0 bridgehead atoms. The molecule has 3 aromatic rings. The quantitative estimate of drug-likeness (QED) is 0.425. The molecular weight excluding hydrogens is 426 g/mol. The summed E-state index contributed by atoms with van der Waals surface area (Å²) in [7, 11) is 1.46. The van der Waals surface area contributed by atoms with Crippen LogP contribution in [-0.2, 0) is 11.3 Å². The Labute approximate surface area is 190 Å². The van der Waals surface area contributed by atoms with Crippen LogP contribution in [-0.4, -0.2) is 46.1 Å². The normalized spacial score (nSPS) is 14.7. The lowest BCUT2D eigenvalue weighted by atomic mass is 9.95. The lowest BCUT2D eigenvalue weighted by Crippen LogP contribution is -2.37. The summed E-state index contributed by atoms with van der Waals surface area (Å²) in [6.45, 7) is 3.93. The maximum absolute atomic E-state index is 12.8. The van der Waals surface area contributed by atoms with Crippen molar-refractivity contribution in [3.05, 3.63) is 64.0 Å². The van der Waals surface area contributed by atoms with Crippen LogP contribution in [0, 0.1) is 23.0 Å². The molecule has 1 fully saturated rings. The van der Waals surface area contributed by atoms with Crippen molar-refractivity contribution in [2.45, 2.75) is 26.3 Å². The molecule has 0 atom stereocenters. The monoisotopic (exact) mass is 451 g/mol. The minimum Gasteiger partial charge on any atom is -0.495 e. The highest BCUT2D eigenvalue weighted by Gasteiger charge is 2.27. The number of amides is 1. The first-order valence-electron chi connectivity index (χ1n) is 10.7. The summed E-state index contributed by atoms with van der Waals surface area (Å²) in [5.41, 5.74) is 2.22. The molecule has 0 radical (unpaired) electrons. The summed E-state index contributed by atoms with van der Waals surface area (Å²) < 4.78 is 10.7. The first-order chi connectivity index (χ1) is 15.9. The van der Waals surface area contributed by atoms with E-state index in [-0.39, 0.29) is 17.5 Å². The number of aromatic nitrogens is 2. The van der Waals surface area contributed by atoms with E-state index in [4.69, 9.17) is 9.26 Å². The van der Waals surface area contributed by atoms with Gasteiger partial charge in [0.1, 0.15) is 5.75 Å². The molecule has 2 aromatic carbocycles. The van der Waals surface area contributed by atoms with Gasteiger partial charge in [0, 0.05) is 23.6 Å². The Morgan fingerprint density at radius 1 is 1.27 bits per heavy atom. The summed E-state index contributed by atoms with van der Waals surface area (Å²) in [4.78, 5) is 30.0. The molecule has 172 valence electrons. The zero-order valence-corrected chi connectivity index (χ0v) is 18.5. The summed E-state index contributed by atoms with van der Waals surface area (Å²) in [5.74, 6) is 1.12. The van der Waals surface area contributed by atoms with Crippen molar-refractivity contribution in [3.63, 3.8) is 0 Å². The highest BCUT2D eigenvalue weighted by atomic mass is 16.6. The van der Waals surface area contributed by atoms with Gasteiger partial charge in [0.2, 0.25) is 17.6 Å². The van der Waals surface area contributed by atoms with Crippen LogP contribution in [0.2, 0.25) is 0 Å². The highest BCUT2D eigenvalue weighted by molar-refractivity contribution is 5.94. The van der Waals surface area contributed by atoms with Crippen LogP contribution in [0.1, 0.15) is 24.3 Å². The van der Waals surface area contributed by atoms with Crippen LogP contribution in [0.3, 0.4) is 0 Å². The van der Waals surface area contributed by atoms with Crippen molar-refractivity contribution < 1.29 is 19.0 Å². The summed E-state index contributed by atoms with van der Waals surface area (Å²) in [5, 5.41) is 17.9. The van der Waals surface area contributed by atoms with Crippen molar-refractivity contribution in [1.82, 2.24) is 15.0 Å². The number of nitrogens with one attached hydrogen (secondary N) is 1. The van der Waals surface area contributed by atoms with E-state index in [1.54, 1.807) is 0 Å². The Bertz CT molecular complexity index is 1150. The zero-order chi connectivity index (χ0) is 23.4. The molecule has 4 rings (SSSR count). The third-order valence-corrected chi connectivity index (χ3v) is 5.82. The van der Waals surface area contributed by atoms with Crippen molar-refractivity contribution in [2.24, 2.45) is 5.92 Å². The number of hydrogen-bond donors (Lipinski definition) is 1. The Morgan fingerprint density at radius 2 is 2.03 bits per heavy atom. The second kappa shape index (κ2) is 9.78. The minimum atomic E-state index is -0.504. The Hall–Kier alpha value is -3.79. The number of likely N-dealkylation sites (tertiary alicyclic amines) is 1. The zero-order valence-electron chi connectivity index (χ0n) is 18.5. The number of non-ortho nitro benzene ring substituents is 1. The first-order valence-corrected chi connectivity index (χ1v) is 10.7. The summed E-state index contributed by atoms with van der Waals surface area (Å²) >= 11 is 0. The molecule has 33 heavy (non-hydrogen) atoms. The molecule has 0 unspecified atom stereocenters. The Balaban J connectivity index is 1.33. The lowest BCUT2D eigenvalue weighted by molar-refractivity contribution is -0.384. The van der Waals surface area contributed by atoms with Gasteiger partial charge in [-0.2, -0.15) is 4.98 Å². The maximum atomic E-state index is 12.8. The average Bonchev–Trinajstić information content (AvgIpc) is 3.27. The van der Waals surface area contributed by atoms with Gasteiger partial charge >= 0.3 is 0 Å². The minimum absolute atomic E-state index is 0.106. The second-order valence-corrected chi connectivity index (χ2v) is 8.01. The molecule has 1 aromatic heterocycles. The Kier molecular flexibility index (Phi) is 6.64. The van der Waals surface area contributed by atoms with Crippen molar-refractivity contribution in [2.75, 3.05) is 25.5 Å². The average molecular weight is 451 g/mol. The fraction of sp³-hybridized carbons (Fsp3) is 0.348. The van der Waals surface area contributed by atoms with Crippen LogP contribution in [0.4, 0.5) is 11.4 Å². The fourth-order valence-electron chi connectivity index (χ4n) is 3.94. The number of nitro benzene ring substituents is 1. The van der Waals surface area contributed by atoms with E-state index in [1.165, 1.54) is 25.3 Å².